The van der Waals surface area contributed by atoms with E-state index in [1.54, 1.807) is 12.1 Å². The Morgan fingerprint density at radius 3 is 2.57 bits per heavy atom. The zero-order valence-corrected chi connectivity index (χ0v) is 16.7. The Hall–Kier alpha value is -2.19. The third-order valence-electron chi connectivity index (χ3n) is 5.31. The van der Waals surface area contributed by atoms with Gasteiger partial charge in [0.2, 0.25) is 0 Å². The molecule has 1 amide bonds. The standard InChI is InChI=1S/C20H30N4O4/c1-15-13-22(14-16(2)28-15)9-5-8-21-20(25)17-6-7-18(19(12-17)24(26)27)23-10-3-4-11-23/h6-7,12,15-16H,3-5,8-11,13-14H2,1-2H3,(H,21,25). The molecule has 3 rings (SSSR count). The molecule has 0 spiro atoms. The number of nitro benzene ring substituents is 1. The highest BCUT2D eigenvalue weighted by molar-refractivity contribution is 5.95. The Kier molecular flexibility index (Phi) is 6.85. The first-order chi connectivity index (χ1) is 13.4. The molecule has 0 bridgehead atoms. The van der Waals surface area contributed by atoms with E-state index in [0.29, 0.717) is 17.8 Å². The zero-order valence-electron chi connectivity index (χ0n) is 16.7. The topological polar surface area (TPSA) is 88.0 Å². The lowest BCUT2D eigenvalue weighted by Crippen LogP contribution is -2.46. The fourth-order valence-electron chi connectivity index (χ4n) is 4.11. The normalized spacial score (nSPS) is 23.0. The molecule has 154 valence electrons. The number of nitrogens with zero attached hydrogens (tertiary/aromatic N) is 3. The number of carbonyl (C=O) groups excluding carboxylic acids is 1. The Labute approximate surface area is 166 Å². The molecule has 28 heavy (non-hydrogen) atoms. The van der Waals surface area contributed by atoms with Gasteiger partial charge in [0.15, 0.2) is 0 Å². The van der Waals surface area contributed by atoms with E-state index in [1.165, 1.54) is 6.07 Å². The van der Waals surface area contributed by atoms with Gasteiger partial charge in [-0.2, -0.15) is 0 Å². The van der Waals surface area contributed by atoms with Crippen LogP contribution in [-0.4, -0.2) is 67.2 Å². The predicted molar refractivity (Wildman–Crippen MR) is 108 cm³/mol. The van der Waals surface area contributed by atoms with Gasteiger partial charge in [-0.05, 0) is 45.2 Å². The molecule has 2 aliphatic rings. The molecular weight excluding hydrogens is 360 g/mol. The summed E-state index contributed by atoms with van der Waals surface area (Å²) in [6, 6.07) is 4.78. The van der Waals surface area contributed by atoms with Crippen LogP contribution in [0.15, 0.2) is 18.2 Å². The highest BCUT2D eigenvalue weighted by Gasteiger charge is 2.24. The van der Waals surface area contributed by atoms with Gasteiger partial charge >= 0.3 is 0 Å². The Morgan fingerprint density at radius 1 is 1.25 bits per heavy atom. The van der Waals surface area contributed by atoms with E-state index in [9.17, 15) is 14.9 Å². The minimum atomic E-state index is -0.398. The van der Waals surface area contributed by atoms with Crippen molar-refractivity contribution in [1.82, 2.24) is 10.2 Å². The summed E-state index contributed by atoms with van der Waals surface area (Å²) < 4.78 is 5.73. The molecule has 2 aliphatic heterocycles. The molecule has 2 atom stereocenters. The Morgan fingerprint density at radius 2 is 1.93 bits per heavy atom. The van der Waals surface area contributed by atoms with Crippen LogP contribution >= 0.6 is 0 Å². The number of nitro groups is 1. The fraction of sp³-hybridized carbons (Fsp3) is 0.650. The number of ether oxygens (including phenoxy) is 1. The summed E-state index contributed by atoms with van der Waals surface area (Å²) in [5.41, 5.74) is 0.948. The van der Waals surface area contributed by atoms with Crippen molar-refractivity contribution in [3.63, 3.8) is 0 Å². The number of nitrogens with one attached hydrogen (secondary N) is 1. The molecule has 0 radical (unpaired) electrons. The first kappa shape index (κ1) is 20.5. The average Bonchev–Trinajstić information content (AvgIpc) is 3.18. The molecule has 2 saturated heterocycles. The van der Waals surface area contributed by atoms with Crippen molar-refractivity contribution in [2.45, 2.75) is 45.3 Å². The van der Waals surface area contributed by atoms with Gasteiger partial charge in [0.1, 0.15) is 5.69 Å². The number of benzene rings is 1. The van der Waals surface area contributed by atoms with Crippen LogP contribution < -0.4 is 10.2 Å². The second-order valence-corrected chi connectivity index (χ2v) is 7.78. The van der Waals surface area contributed by atoms with E-state index in [2.05, 4.69) is 24.1 Å². The number of anilines is 1. The molecule has 2 heterocycles. The number of carbonyl (C=O) groups is 1. The largest absolute Gasteiger partial charge is 0.373 e. The van der Waals surface area contributed by atoms with E-state index in [-0.39, 0.29) is 23.8 Å². The highest BCUT2D eigenvalue weighted by atomic mass is 16.6. The van der Waals surface area contributed by atoms with E-state index in [1.807, 2.05) is 4.90 Å². The number of hydrogen-bond donors (Lipinski definition) is 1. The summed E-state index contributed by atoms with van der Waals surface area (Å²) in [5.74, 6) is -0.264. The molecule has 2 fully saturated rings. The minimum absolute atomic E-state index is 0.00541. The maximum absolute atomic E-state index is 12.4. The lowest BCUT2D eigenvalue weighted by atomic mass is 10.1. The van der Waals surface area contributed by atoms with Crippen molar-refractivity contribution in [2.75, 3.05) is 44.2 Å². The van der Waals surface area contributed by atoms with Crippen LogP contribution in [0.2, 0.25) is 0 Å². The summed E-state index contributed by atoms with van der Waals surface area (Å²) in [4.78, 5) is 27.9. The molecule has 1 N–H and O–H groups in total. The first-order valence-electron chi connectivity index (χ1n) is 10.1. The molecule has 0 aliphatic carbocycles. The van der Waals surface area contributed by atoms with E-state index in [4.69, 9.17) is 4.74 Å². The van der Waals surface area contributed by atoms with Crippen LogP contribution in [0.5, 0.6) is 0 Å². The highest BCUT2D eigenvalue weighted by Crippen LogP contribution is 2.31. The second-order valence-electron chi connectivity index (χ2n) is 7.78. The molecule has 0 aromatic heterocycles. The third-order valence-corrected chi connectivity index (χ3v) is 5.31. The summed E-state index contributed by atoms with van der Waals surface area (Å²) in [7, 11) is 0. The molecule has 8 nitrogen and oxygen atoms in total. The van der Waals surface area contributed by atoms with Crippen LogP contribution in [-0.2, 0) is 4.74 Å². The maximum Gasteiger partial charge on any atom is 0.293 e. The van der Waals surface area contributed by atoms with E-state index < -0.39 is 4.92 Å². The number of amides is 1. The Balaban J connectivity index is 1.52. The summed E-state index contributed by atoms with van der Waals surface area (Å²) >= 11 is 0. The van der Waals surface area contributed by atoms with Crippen molar-refractivity contribution in [2.24, 2.45) is 0 Å². The molecule has 8 heteroatoms. The van der Waals surface area contributed by atoms with Gasteiger partial charge in [-0.25, -0.2) is 0 Å². The van der Waals surface area contributed by atoms with Gasteiger partial charge < -0.3 is 15.0 Å². The van der Waals surface area contributed by atoms with E-state index >= 15 is 0 Å². The smallest absolute Gasteiger partial charge is 0.293 e. The van der Waals surface area contributed by atoms with Crippen LogP contribution in [0.1, 0.15) is 43.5 Å². The molecule has 1 aromatic rings. The molecule has 2 unspecified atom stereocenters. The quantitative estimate of drug-likeness (QED) is 0.437. The summed E-state index contributed by atoms with van der Waals surface area (Å²) in [5, 5.41) is 14.4. The number of morpholine rings is 1. The van der Waals surface area contributed by atoms with Gasteiger partial charge in [0, 0.05) is 50.9 Å². The van der Waals surface area contributed by atoms with Crippen LogP contribution in [0.3, 0.4) is 0 Å². The average molecular weight is 390 g/mol. The lowest BCUT2D eigenvalue weighted by molar-refractivity contribution is -0.384. The van der Waals surface area contributed by atoms with Crippen molar-refractivity contribution in [3.8, 4) is 0 Å². The van der Waals surface area contributed by atoms with E-state index in [0.717, 1.165) is 52.0 Å². The van der Waals surface area contributed by atoms with Crippen molar-refractivity contribution >= 4 is 17.3 Å². The Bertz CT molecular complexity index is 695. The van der Waals surface area contributed by atoms with Gasteiger partial charge in [-0.15, -0.1) is 0 Å². The maximum atomic E-state index is 12.4. The van der Waals surface area contributed by atoms with Crippen LogP contribution in [0.4, 0.5) is 11.4 Å². The zero-order chi connectivity index (χ0) is 20.1. The minimum Gasteiger partial charge on any atom is -0.373 e. The second kappa shape index (κ2) is 9.34. The number of hydrogen-bond acceptors (Lipinski definition) is 6. The lowest BCUT2D eigenvalue weighted by Gasteiger charge is -2.35. The van der Waals surface area contributed by atoms with Crippen molar-refractivity contribution < 1.29 is 14.5 Å². The van der Waals surface area contributed by atoms with Crippen molar-refractivity contribution in [1.29, 1.82) is 0 Å². The van der Waals surface area contributed by atoms with Crippen LogP contribution in [0, 0.1) is 10.1 Å². The number of rotatable bonds is 7. The summed E-state index contributed by atoms with van der Waals surface area (Å²) in [6.45, 7) is 9.04. The SMILES string of the molecule is CC1CN(CCCNC(=O)c2ccc(N3CCCC3)c([N+](=O)[O-])c2)CC(C)O1. The molecule has 0 saturated carbocycles. The predicted octanol–water partition coefficient (Wildman–Crippen LogP) is 2.42. The van der Waals surface area contributed by atoms with Crippen molar-refractivity contribution in [3.05, 3.63) is 33.9 Å². The van der Waals surface area contributed by atoms with Gasteiger partial charge in [-0.1, -0.05) is 0 Å². The fourth-order valence-corrected chi connectivity index (χ4v) is 4.11. The molecular formula is C20H30N4O4. The van der Waals surface area contributed by atoms with Crippen LogP contribution in [0.25, 0.3) is 0 Å². The van der Waals surface area contributed by atoms with Gasteiger partial charge in [0.25, 0.3) is 11.6 Å². The third kappa shape index (κ3) is 5.20. The van der Waals surface area contributed by atoms with Gasteiger partial charge in [0.05, 0.1) is 17.1 Å². The van der Waals surface area contributed by atoms with Gasteiger partial charge in [-0.3, -0.25) is 19.8 Å². The summed E-state index contributed by atoms with van der Waals surface area (Å²) in [6.07, 6.45) is 3.38. The monoisotopic (exact) mass is 390 g/mol. The molecule has 1 aromatic carbocycles. The first-order valence-corrected chi connectivity index (χ1v) is 10.1.